The highest BCUT2D eigenvalue weighted by Crippen LogP contribution is 2.22. The Hall–Kier alpha value is -2.77. The number of rotatable bonds is 6. The normalized spacial score (nSPS) is 19.4. The minimum absolute atomic E-state index is 0.0584. The van der Waals surface area contributed by atoms with E-state index in [9.17, 15) is 14.0 Å². The Bertz CT molecular complexity index is 895. The number of hydrogen-bond acceptors (Lipinski definition) is 4. The second-order valence-electron chi connectivity index (χ2n) is 8.12. The number of carbonyl (C=O) groups excluding carboxylic acids is 2. The molecule has 2 aromatic rings. The third-order valence-corrected chi connectivity index (χ3v) is 5.84. The van der Waals surface area contributed by atoms with Gasteiger partial charge in [-0.2, -0.15) is 0 Å². The maximum absolute atomic E-state index is 13.1. The zero-order valence-electron chi connectivity index (χ0n) is 17.6. The molecule has 1 N–H and O–H groups in total. The molecule has 2 saturated heterocycles. The fourth-order valence-corrected chi connectivity index (χ4v) is 4.05. The summed E-state index contributed by atoms with van der Waals surface area (Å²) in [7, 11) is 0. The van der Waals surface area contributed by atoms with Crippen LogP contribution in [0.4, 0.5) is 4.39 Å². The smallest absolute Gasteiger partial charge is 0.253 e. The molecule has 0 spiro atoms. The fourth-order valence-electron chi connectivity index (χ4n) is 4.05. The van der Waals surface area contributed by atoms with Gasteiger partial charge in [-0.05, 0) is 48.2 Å². The first-order valence-corrected chi connectivity index (χ1v) is 10.8. The SMILES string of the molecule is O=C(CN1CCOC(c2ccc(F)cc2)C1)NCc1ccc(C(=O)N2CCCC2)cc1. The van der Waals surface area contributed by atoms with Gasteiger partial charge in [0.2, 0.25) is 5.91 Å². The largest absolute Gasteiger partial charge is 0.371 e. The van der Waals surface area contributed by atoms with Crippen molar-refractivity contribution < 1.29 is 18.7 Å². The van der Waals surface area contributed by atoms with Gasteiger partial charge in [-0.1, -0.05) is 24.3 Å². The predicted molar refractivity (Wildman–Crippen MR) is 115 cm³/mol. The monoisotopic (exact) mass is 425 g/mol. The summed E-state index contributed by atoms with van der Waals surface area (Å²) in [6, 6.07) is 13.7. The molecule has 31 heavy (non-hydrogen) atoms. The zero-order chi connectivity index (χ0) is 21.6. The average molecular weight is 426 g/mol. The fraction of sp³-hybridized carbons (Fsp3) is 0.417. The Morgan fingerprint density at radius 3 is 2.42 bits per heavy atom. The molecule has 2 aliphatic heterocycles. The van der Waals surface area contributed by atoms with Gasteiger partial charge in [-0.15, -0.1) is 0 Å². The molecule has 1 atom stereocenters. The maximum Gasteiger partial charge on any atom is 0.253 e. The van der Waals surface area contributed by atoms with Gasteiger partial charge < -0.3 is 15.0 Å². The van der Waals surface area contributed by atoms with E-state index in [1.165, 1.54) is 12.1 Å². The lowest BCUT2D eigenvalue weighted by atomic mass is 10.1. The lowest BCUT2D eigenvalue weighted by Crippen LogP contribution is -2.44. The molecule has 164 valence electrons. The molecule has 0 aliphatic carbocycles. The molecule has 2 heterocycles. The number of halogens is 1. The van der Waals surface area contributed by atoms with E-state index >= 15 is 0 Å². The van der Waals surface area contributed by atoms with Crippen molar-refractivity contribution >= 4 is 11.8 Å². The number of carbonyl (C=O) groups is 2. The van der Waals surface area contributed by atoms with Gasteiger partial charge in [0.1, 0.15) is 5.82 Å². The van der Waals surface area contributed by atoms with Crippen molar-refractivity contribution in [2.45, 2.75) is 25.5 Å². The van der Waals surface area contributed by atoms with E-state index in [0.717, 1.165) is 37.1 Å². The average Bonchev–Trinajstić information content (AvgIpc) is 3.33. The third kappa shape index (κ3) is 5.68. The predicted octanol–water partition coefficient (Wildman–Crippen LogP) is 2.75. The van der Waals surface area contributed by atoms with Crippen molar-refractivity contribution in [2.75, 3.05) is 39.3 Å². The molecule has 0 saturated carbocycles. The highest BCUT2D eigenvalue weighted by Gasteiger charge is 2.23. The van der Waals surface area contributed by atoms with Crippen LogP contribution < -0.4 is 5.32 Å². The van der Waals surface area contributed by atoms with Gasteiger partial charge in [0.05, 0.1) is 19.3 Å². The summed E-state index contributed by atoms with van der Waals surface area (Å²) in [5.41, 5.74) is 2.56. The quantitative estimate of drug-likeness (QED) is 0.773. The molecule has 0 radical (unpaired) electrons. The lowest BCUT2D eigenvalue weighted by Gasteiger charge is -2.32. The van der Waals surface area contributed by atoms with Crippen molar-refractivity contribution in [3.05, 3.63) is 71.0 Å². The van der Waals surface area contributed by atoms with Gasteiger partial charge >= 0.3 is 0 Å². The molecule has 7 heteroatoms. The Kier molecular flexibility index (Phi) is 6.94. The first-order chi connectivity index (χ1) is 15.1. The number of hydrogen-bond donors (Lipinski definition) is 1. The van der Waals surface area contributed by atoms with E-state index in [1.54, 1.807) is 12.1 Å². The number of ether oxygens (including phenoxy) is 1. The van der Waals surface area contributed by atoms with Crippen LogP contribution in [0.3, 0.4) is 0 Å². The van der Waals surface area contributed by atoms with Crippen LogP contribution in [-0.4, -0.2) is 60.9 Å². The molecule has 6 nitrogen and oxygen atoms in total. The van der Waals surface area contributed by atoms with Crippen LogP contribution in [-0.2, 0) is 16.1 Å². The maximum atomic E-state index is 13.1. The number of nitrogens with zero attached hydrogens (tertiary/aromatic N) is 2. The summed E-state index contributed by atoms with van der Waals surface area (Å²) in [5, 5.41) is 2.95. The van der Waals surface area contributed by atoms with E-state index in [-0.39, 0.29) is 30.3 Å². The molecular weight excluding hydrogens is 397 g/mol. The summed E-state index contributed by atoms with van der Waals surface area (Å²) in [4.78, 5) is 28.8. The van der Waals surface area contributed by atoms with Crippen LogP contribution in [0.2, 0.25) is 0 Å². The van der Waals surface area contributed by atoms with Crippen LogP contribution in [0.15, 0.2) is 48.5 Å². The van der Waals surface area contributed by atoms with Crippen LogP contribution in [0.25, 0.3) is 0 Å². The van der Waals surface area contributed by atoms with Gasteiger partial charge in [0.15, 0.2) is 0 Å². The second-order valence-corrected chi connectivity index (χ2v) is 8.12. The minimum atomic E-state index is -0.274. The minimum Gasteiger partial charge on any atom is -0.371 e. The summed E-state index contributed by atoms with van der Waals surface area (Å²) in [6.07, 6.45) is 1.98. The summed E-state index contributed by atoms with van der Waals surface area (Å²) in [6.45, 7) is 4.17. The van der Waals surface area contributed by atoms with E-state index in [0.29, 0.717) is 31.8 Å². The van der Waals surface area contributed by atoms with E-state index in [4.69, 9.17) is 4.74 Å². The Balaban J connectivity index is 1.24. The number of morpholine rings is 1. The first kappa shape index (κ1) is 21.5. The standard InChI is InChI=1S/C24H28FN3O3/c25-21-9-7-19(8-10-21)22-16-27(13-14-31-22)17-23(29)26-15-18-3-5-20(6-4-18)24(30)28-11-1-2-12-28/h3-10,22H,1-2,11-17H2,(H,26,29). The number of amides is 2. The van der Waals surface area contributed by atoms with Crippen molar-refractivity contribution in [2.24, 2.45) is 0 Å². The molecule has 2 aliphatic rings. The van der Waals surface area contributed by atoms with Crippen LogP contribution in [0.1, 0.15) is 40.4 Å². The Labute approximate surface area is 182 Å². The van der Waals surface area contributed by atoms with Gasteiger partial charge in [-0.3, -0.25) is 14.5 Å². The molecule has 2 aromatic carbocycles. The molecule has 0 bridgehead atoms. The Morgan fingerprint density at radius 1 is 1.00 bits per heavy atom. The van der Waals surface area contributed by atoms with Crippen LogP contribution in [0.5, 0.6) is 0 Å². The molecule has 2 fully saturated rings. The topological polar surface area (TPSA) is 61.9 Å². The van der Waals surface area contributed by atoms with E-state index in [1.807, 2.05) is 34.1 Å². The molecular formula is C24H28FN3O3. The highest BCUT2D eigenvalue weighted by molar-refractivity contribution is 5.94. The van der Waals surface area contributed by atoms with Crippen molar-refractivity contribution in [3.63, 3.8) is 0 Å². The zero-order valence-corrected chi connectivity index (χ0v) is 17.6. The van der Waals surface area contributed by atoms with Crippen molar-refractivity contribution in [1.29, 1.82) is 0 Å². The third-order valence-electron chi connectivity index (χ3n) is 5.84. The molecule has 4 rings (SSSR count). The number of benzene rings is 2. The van der Waals surface area contributed by atoms with E-state index < -0.39 is 0 Å². The van der Waals surface area contributed by atoms with Crippen molar-refractivity contribution in [3.8, 4) is 0 Å². The van der Waals surface area contributed by atoms with Gasteiger partial charge in [-0.25, -0.2) is 4.39 Å². The van der Waals surface area contributed by atoms with Crippen LogP contribution >= 0.6 is 0 Å². The molecule has 1 unspecified atom stereocenters. The first-order valence-electron chi connectivity index (χ1n) is 10.8. The van der Waals surface area contributed by atoms with E-state index in [2.05, 4.69) is 5.32 Å². The van der Waals surface area contributed by atoms with Crippen LogP contribution in [0, 0.1) is 5.82 Å². The summed E-state index contributed by atoms with van der Waals surface area (Å²) in [5.74, 6) is -0.252. The van der Waals surface area contributed by atoms with Gasteiger partial charge in [0.25, 0.3) is 5.91 Å². The molecule has 2 amide bonds. The number of likely N-dealkylation sites (tertiary alicyclic amines) is 1. The number of nitrogens with one attached hydrogen (secondary N) is 1. The second kappa shape index (κ2) is 10.0. The lowest BCUT2D eigenvalue weighted by molar-refractivity contribution is -0.124. The molecule has 0 aromatic heterocycles. The Morgan fingerprint density at radius 2 is 1.71 bits per heavy atom. The van der Waals surface area contributed by atoms with Gasteiger partial charge in [0, 0.05) is 38.3 Å². The highest BCUT2D eigenvalue weighted by atomic mass is 19.1. The summed E-state index contributed by atoms with van der Waals surface area (Å²) >= 11 is 0. The van der Waals surface area contributed by atoms with Crippen molar-refractivity contribution in [1.82, 2.24) is 15.1 Å². The summed E-state index contributed by atoms with van der Waals surface area (Å²) < 4.78 is 18.9.